The highest BCUT2D eigenvalue weighted by Gasteiger charge is 2.29. The number of hydrogen-bond donors (Lipinski definition) is 1. The van der Waals surface area contributed by atoms with E-state index in [-0.39, 0.29) is 5.91 Å². The first-order valence-corrected chi connectivity index (χ1v) is 10.4. The lowest BCUT2D eigenvalue weighted by Gasteiger charge is -2.36. The van der Waals surface area contributed by atoms with Crippen molar-refractivity contribution in [2.24, 2.45) is 0 Å². The number of amides is 1. The summed E-state index contributed by atoms with van der Waals surface area (Å²) in [5.74, 6) is 2.00. The highest BCUT2D eigenvalue weighted by atomic mass is 16.5. The van der Waals surface area contributed by atoms with Gasteiger partial charge in [0.2, 0.25) is 5.95 Å². The Morgan fingerprint density at radius 1 is 0.969 bits per heavy atom. The van der Waals surface area contributed by atoms with Gasteiger partial charge in [0.1, 0.15) is 5.82 Å². The van der Waals surface area contributed by atoms with Crippen LogP contribution in [0, 0.1) is 0 Å². The summed E-state index contributed by atoms with van der Waals surface area (Å²) in [5.41, 5.74) is 7.74. The van der Waals surface area contributed by atoms with Crippen LogP contribution in [0.2, 0.25) is 0 Å². The molecule has 4 rings (SSSR count). The van der Waals surface area contributed by atoms with Crippen LogP contribution in [0.5, 0.6) is 11.5 Å². The Bertz CT molecular complexity index is 1100. The van der Waals surface area contributed by atoms with Crippen molar-refractivity contribution in [1.82, 2.24) is 14.9 Å². The number of rotatable bonds is 6. The van der Waals surface area contributed by atoms with Gasteiger partial charge < -0.3 is 29.7 Å². The lowest BCUT2D eigenvalue weighted by atomic mass is 10.1. The smallest absolute Gasteiger partial charge is 0.256 e. The van der Waals surface area contributed by atoms with E-state index in [9.17, 15) is 4.79 Å². The summed E-state index contributed by atoms with van der Waals surface area (Å²) in [6.07, 6.45) is -0.613. The van der Waals surface area contributed by atoms with E-state index in [2.05, 4.69) is 9.97 Å². The molecule has 1 aromatic heterocycles. The van der Waals surface area contributed by atoms with E-state index in [4.69, 9.17) is 19.9 Å². The fraction of sp³-hybridized carbons (Fsp3) is 0.348. The molecule has 2 heterocycles. The zero-order valence-electron chi connectivity index (χ0n) is 18.4. The summed E-state index contributed by atoms with van der Waals surface area (Å²) in [7, 11) is 4.71. The summed E-state index contributed by atoms with van der Waals surface area (Å²) >= 11 is 0. The number of carbonyl (C=O) groups excluding carboxylic acids is 1. The second kappa shape index (κ2) is 9.27. The largest absolute Gasteiger partial charge is 0.493 e. The van der Waals surface area contributed by atoms with Gasteiger partial charge in [-0.05, 0) is 11.6 Å². The normalized spacial score (nSPS) is 15.0. The molecule has 32 heavy (non-hydrogen) atoms. The molecule has 0 bridgehead atoms. The van der Waals surface area contributed by atoms with Gasteiger partial charge in [-0.3, -0.25) is 4.79 Å². The average Bonchev–Trinajstić information content (AvgIpc) is 2.84. The fourth-order valence-electron chi connectivity index (χ4n) is 3.91. The van der Waals surface area contributed by atoms with Gasteiger partial charge in [0, 0.05) is 44.7 Å². The van der Waals surface area contributed by atoms with Gasteiger partial charge in [-0.1, -0.05) is 30.3 Å². The molecule has 9 nitrogen and oxygen atoms in total. The SMILES string of the molecule is COc1cc2nc(N3CCN(C(=O)C(OC)c4ccccc4)CC3)nc(N)c2cc1OC. The van der Waals surface area contributed by atoms with Gasteiger partial charge in [-0.15, -0.1) is 0 Å². The number of hydrogen-bond acceptors (Lipinski definition) is 8. The minimum atomic E-state index is -0.613. The maximum absolute atomic E-state index is 13.0. The first-order valence-electron chi connectivity index (χ1n) is 10.4. The Kier molecular flexibility index (Phi) is 6.27. The summed E-state index contributed by atoms with van der Waals surface area (Å²) in [6.45, 7) is 2.27. The Morgan fingerprint density at radius 2 is 1.62 bits per heavy atom. The second-order valence-electron chi connectivity index (χ2n) is 7.47. The van der Waals surface area contributed by atoms with Crippen LogP contribution in [-0.4, -0.2) is 68.3 Å². The van der Waals surface area contributed by atoms with Crippen molar-refractivity contribution in [1.29, 1.82) is 0 Å². The highest BCUT2D eigenvalue weighted by Crippen LogP contribution is 2.34. The maximum Gasteiger partial charge on any atom is 0.256 e. The number of nitrogens with two attached hydrogens (primary N) is 1. The number of piperazine rings is 1. The first kappa shape index (κ1) is 21.6. The molecule has 0 saturated carbocycles. The highest BCUT2D eigenvalue weighted by molar-refractivity contribution is 5.91. The molecule has 1 fully saturated rings. The van der Waals surface area contributed by atoms with Gasteiger partial charge in [0.15, 0.2) is 17.6 Å². The molecule has 2 aromatic carbocycles. The molecule has 1 amide bonds. The molecule has 1 aliphatic rings. The summed E-state index contributed by atoms with van der Waals surface area (Å²) in [5, 5.41) is 0.700. The number of ether oxygens (including phenoxy) is 3. The Hall–Kier alpha value is -3.59. The van der Waals surface area contributed by atoms with Crippen LogP contribution in [0.15, 0.2) is 42.5 Å². The number of benzene rings is 2. The fourth-order valence-corrected chi connectivity index (χ4v) is 3.91. The minimum absolute atomic E-state index is 0.0471. The van der Waals surface area contributed by atoms with Gasteiger partial charge in [0.05, 0.1) is 19.7 Å². The van der Waals surface area contributed by atoms with E-state index in [1.165, 1.54) is 0 Å². The van der Waals surface area contributed by atoms with Crippen molar-refractivity contribution < 1.29 is 19.0 Å². The molecule has 168 valence electrons. The predicted octanol–water partition coefficient (Wildman–Crippen LogP) is 2.27. The molecule has 9 heteroatoms. The molecule has 1 saturated heterocycles. The van der Waals surface area contributed by atoms with Crippen molar-refractivity contribution >= 4 is 28.6 Å². The van der Waals surface area contributed by atoms with Crippen LogP contribution in [0.4, 0.5) is 11.8 Å². The third kappa shape index (κ3) is 4.11. The summed E-state index contributed by atoms with van der Waals surface area (Å²) in [6, 6.07) is 13.1. The van der Waals surface area contributed by atoms with Gasteiger partial charge in [0.25, 0.3) is 5.91 Å². The third-order valence-corrected chi connectivity index (χ3v) is 5.66. The number of carbonyl (C=O) groups is 1. The molecule has 1 unspecified atom stereocenters. The number of fused-ring (bicyclic) bond motifs is 1. The molecule has 3 aromatic rings. The first-order chi connectivity index (χ1) is 15.5. The zero-order valence-corrected chi connectivity index (χ0v) is 18.4. The molecule has 2 N–H and O–H groups in total. The molecule has 0 radical (unpaired) electrons. The van der Waals surface area contributed by atoms with Crippen LogP contribution in [0.1, 0.15) is 11.7 Å². The molecule has 1 atom stereocenters. The Balaban J connectivity index is 1.51. The van der Waals surface area contributed by atoms with Crippen molar-refractivity contribution in [2.45, 2.75) is 6.10 Å². The number of aromatic nitrogens is 2. The quantitative estimate of drug-likeness (QED) is 0.626. The van der Waals surface area contributed by atoms with Crippen LogP contribution in [-0.2, 0) is 9.53 Å². The summed E-state index contributed by atoms with van der Waals surface area (Å²) < 4.78 is 16.2. The maximum atomic E-state index is 13.0. The van der Waals surface area contributed by atoms with Crippen LogP contribution < -0.4 is 20.1 Å². The molecular formula is C23H27N5O4. The predicted molar refractivity (Wildman–Crippen MR) is 122 cm³/mol. The van der Waals surface area contributed by atoms with E-state index >= 15 is 0 Å². The van der Waals surface area contributed by atoms with Crippen LogP contribution in [0.3, 0.4) is 0 Å². The number of nitrogens with zero attached hydrogens (tertiary/aromatic N) is 4. The molecule has 1 aliphatic heterocycles. The number of methoxy groups -OCH3 is 3. The van der Waals surface area contributed by atoms with Crippen molar-refractivity contribution in [2.75, 3.05) is 58.1 Å². The van der Waals surface area contributed by atoms with Crippen LogP contribution >= 0.6 is 0 Å². The lowest BCUT2D eigenvalue weighted by molar-refractivity contribution is -0.142. The van der Waals surface area contributed by atoms with E-state index in [0.29, 0.717) is 60.3 Å². The third-order valence-electron chi connectivity index (χ3n) is 5.66. The molecule has 0 aliphatic carbocycles. The van der Waals surface area contributed by atoms with E-state index in [1.54, 1.807) is 33.5 Å². The van der Waals surface area contributed by atoms with Crippen molar-refractivity contribution in [3.8, 4) is 11.5 Å². The number of anilines is 2. The van der Waals surface area contributed by atoms with E-state index in [1.807, 2.05) is 40.1 Å². The van der Waals surface area contributed by atoms with Crippen molar-refractivity contribution in [3.63, 3.8) is 0 Å². The second-order valence-corrected chi connectivity index (χ2v) is 7.47. The minimum Gasteiger partial charge on any atom is -0.493 e. The van der Waals surface area contributed by atoms with Gasteiger partial charge in [-0.25, -0.2) is 4.98 Å². The Morgan fingerprint density at radius 3 is 2.25 bits per heavy atom. The van der Waals surface area contributed by atoms with Gasteiger partial charge in [-0.2, -0.15) is 4.98 Å². The lowest BCUT2D eigenvalue weighted by Crippen LogP contribution is -2.50. The monoisotopic (exact) mass is 437 g/mol. The average molecular weight is 438 g/mol. The van der Waals surface area contributed by atoms with Crippen molar-refractivity contribution in [3.05, 3.63) is 48.0 Å². The standard InChI is InChI=1S/C23H27N5O4/c1-30-18-13-16-17(14-19(18)31-2)25-23(26-21(16)24)28-11-9-27(10-12-28)22(29)20(32-3)15-7-5-4-6-8-15/h4-8,13-14,20H,9-12H2,1-3H3,(H2,24,25,26). The van der Waals surface area contributed by atoms with Gasteiger partial charge >= 0.3 is 0 Å². The van der Waals surface area contributed by atoms with E-state index < -0.39 is 6.10 Å². The Labute approximate surface area is 186 Å². The number of nitrogen functional groups attached to an aromatic ring is 1. The summed E-state index contributed by atoms with van der Waals surface area (Å²) in [4.78, 5) is 26.1. The van der Waals surface area contributed by atoms with E-state index in [0.717, 1.165) is 5.56 Å². The van der Waals surface area contributed by atoms with Crippen LogP contribution in [0.25, 0.3) is 10.9 Å². The zero-order chi connectivity index (χ0) is 22.7. The topological polar surface area (TPSA) is 103 Å². The molecule has 0 spiro atoms. The molecular weight excluding hydrogens is 410 g/mol.